The minimum absolute atomic E-state index is 0.301. The lowest BCUT2D eigenvalue weighted by atomic mass is 9.95. The van der Waals surface area contributed by atoms with Crippen molar-refractivity contribution in [2.45, 2.75) is 50.8 Å². The minimum atomic E-state index is -0.560. The molecular formula is C40H39NO5. The van der Waals surface area contributed by atoms with Gasteiger partial charge in [0, 0.05) is 12.4 Å². The Bertz CT molecular complexity index is 1600. The van der Waals surface area contributed by atoms with Crippen LogP contribution in [0.5, 0.6) is 0 Å². The van der Waals surface area contributed by atoms with Crippen LogP contribution in [-0.2, 0) is 50.1 Å². The number of ether oxygens (including phenoxy) is 5. The Morgan fingerprint density at radius 2 is 1.04 bits per heavy atom. The molecule has 0 N–H and O–H groups in total. The number of rotatable bonds is 14. The SMILES string of the molecule is C(=C1/O[C@H](COCc2ccccc2)[C@@H](OCc2ccccc2)[C@H](OCc2ccccc2)[C@@H]1OCc1ccccc1)/c1cccnc1. The van der Waals surface area contributed by atoms with Crippen LogP contribution in [0, 0.1) is 0 Å². The van der Waals surface area contributed by atoms with Crippen LogP contribution in [0.2, 0.25) is 0 Å². The molecule has 0 radical (unpaired) electrons. The molecule has 2 heterocycles. The average molecular weight is 614 g/mol. The first-order valence-electron chi connectivity index (χ1n) is 15.7. The second-order valence-corrected chi connectivity index (χ2v) is 11.2. The summed E-state index contributed by atoms with van der Waals surface area (Å²) in [4.78, 5) is 4.32. The molecule has 6 heteroatoms. The van der Waals surface area contributed by atoms with Crippen LogP contribution in [0.4, 0.5) is 0 Å². The molecule has 1 aromatic heterocycles. The number of benzene rings is 4. The molecule has 1 fully saturated rings. The molecule has 234 valence electrons. The van der Waals surface area contributed by atoms with Gasteiger partial charge in [-0.25, -0.2) is 0 Å². The summed E-state index contributed by atoms with van der Waals surface area (Å²) in [6.45, 7) is 1.92. The first-order valence-corrected chi connectivity index (χ1v) is 15.7. The van der Waals surface area contributed by atoms with Gasteiger partial charge in [-0.05, 0) is 40.0 Å². The van der Waals surface area contributed by atoms with Crippen molar-refractivity contribution in [3.8, 4) is 0 Å². The van der Waals surface area contributed by atoms with Crippen molar-refractivity contribution in [3.05, 3.63) is 179 Å². The number of hydrogen-bond acceptors (Lipinski definition) is 6. The van der Waals surface area contributed by atoms with Crippen LogP contribution in [0.3, 0.4) is 0 Å². The molecule has 1 saturated heterocycles. The fourth-order valence-corrected chi connectivity index (χ4v) is 5.45. The van der Waals surface area contributed by atoms with E-state index in [-0.39, 0.29) is 0 Å². The van der Waals surface area contributed by atoms with Gasteiger partial charge in [-0.2, -0.15) is 0 Å². The van der Waals surface area contributed by atoms with Gasteiger partial charge in [0.25, 0.3) is 0 Å². The monoisotopic (exact) mass is 613 g/mol. The first kappa shape index (κ1) is 31.4. The molecule has 0 saturated carbocycles. The Kier molecular flexibility index (Phi) is 11.4. The van der Waals surface area contributed by atoms with E-state index in [1.54, 1.807) is 6.20 Å². The van der Waals surface area contributed by atoms with Crippen molar-refractivity contribution < 1.29 is 23.7 Å². The van der Waals surface area contributed by atoms with E-state index in [1.807, 2.05) is 97.2 Å². The van der Waals surface area contributed by atoms with Gasteiger partial charge in [0.1, 0.15) is 24.1 Å². The van der Waals surface area contributed by atoms with E-state index in [4.69, 9.17) is 23.7 Å². The van der Waals surface area contributed by atoms with Crippen molar-refractivity contribution >= 4 is 6.08 Å². The van der Waals surface area contributed by atoms with Gasteiger partial charge in [-0.3, -0.25) is 4.98 Å². The molecule has 46 heavy (non-hydrogen) atoms. The molecule has 6 nitrogen and oxygen atoms in total. The van der Waals surface area contributed by atoms with E-state index >= 15 is 0 Å². The molecule has 6 rings (SSSR count). The number of hydrogen-bond donors (Lipinski definition) is 0. The second kappa shape index (κ2) is 16.6. The third-order valence-corrected chi connectivity index (χ3v) is 7.79. The van der Waals surface area contributed by atoms with Crippen molar-refractivity contribution in [2.75, 3.05) is 6.61 Å². The molecule has 5 aromatic rings. The molecule has 4 atom stereocenters. The number of nitrogens with zero attached hydrogens (tertiary/aromatic N) is 1. The maximum absolute atomic E-state index is 6.79. The number of aromatic nitrogens is 1. The molecular weight excluding hydrogens is 574 g/mol. The molecule has 1 aliphatic heterocycles. The average Bonchev–Trinajstić information content (AvgIpc) is 3.12. The molecule has 0 spiro atoms. The zero-order chi connectivity index (χ0) is 31.2. The predicted octanol–water partition coefficient (Wildman–Crippen LogP) is 7.79. The maximum atomic E-state index is 6.79. The standard InChI is InChI=1S/C40H39NO5/c1-5-14-31(15-6-1)26-42-30-37-39(44-28-33-18-9-3-10-19-33)40(45-29-34-20-11-4-12-21-34)38(43-27-32-16-7-2-8-17-32)36(46-37)24-35-22-13-23-41-25-35/h1-25,37-40H,26-30H2/b36-24-/t37-,38-,39-,40-/m1/s1. The van der Waals surface area contributed by atoms with Crippen LogP contribution in [0.25, 0.3) is 6.08 Å². The minimum Gasteiger partial charge on any atom is -0.487 e. The largest absolute Gasteiger partial charge is 0.487 e. The van der Waals surface area contributed by atoms with Gasteiger partial charge in [-0.1, -0.05) is 127 Å². The van der Waals surface area contributed by atoms with Gasteiger partial charge in [0.05, 0.1) is 33.0 Å². The highest BCUT2D eigenvalue weighted by molar-refractivity contribution is 5.51. The van der Waals surface area contributed by atoms with Crippen LogP contribution < -0.4 is 0 Å². The van der Waals surface area contributed by atoms with E-state index in [2.05, 4.69) is 53.5 Å². The summed E-state index contributed by atoms with van der Waals surface area (Å²) in [5, 5.41) is 0. The normalized spacial score (nSPS) is 20.3. The molecule has 0 amide bonds. The van der Waals surface area contributed by atoms with E-state index < -0.39 is 24.4 Å². The van der Waals surface area contributed by atoms with E-state index in [0.717, 1.165) is 27.8 Å². The topological polar surface area (TPSA) is 59.0 Å². The van der Waals surface area contributed by atoms with Crippen LogP contribution in [0.15, 0.2) is 152 Å². The summed E-state index contributed by atoms with van der Waals surface area (Å²) in [7, 11) is 0. The Morgan fingerprint density at radius 1 is 0.543 bits per heavy atom. The molecule has 0 bridgehead atoms. The maximum Gasteiger partial charge on any atom is 0.150 e. The van der Waals surface area contributed by atoms with E-state index in [0.29, 0.717) is 38.8 Å². The molecule has 4 aromatic carbocycles. The first-order chi connectivity index (χ1) is 22.8. The molecule has 0 unspecified atom stereocenters. The molecule has 1 aliphatic rings. The summed E-state index contributed by atoms with van der Waals surface area (Å²) in [6, 6.07) is 44.5. The van der Waals surface area contributed by atoms with Gasteiger partial charge >= 0.3 is 0 Å². The predicted molar refractivity (Wildman–Crippen MR) is 178 cm³/mol. The quantitative estimate of drug-likeness (QED) is 0.127. The second-order valence-electron chi connectivity index (χ2n) is 11.2. The van der Waals surface area contributed by atoms with Crippen LogP contribution in [-0.4, -0.2) is 36.0 Å². The van der Waals surface area contributed by atoms with Gasteiger partial charge in [0.2, 0.25) is 0 Å². The van der Waals surface area contributed by atoms with Gasteiger partial charge in [-0.15, -0.1) is 0 Å². The Morgan fingerprint density at radius 3 is 1.57 bits per heavy atom. The fourth-order valence-electron chi connectivity index (χ4n) is 5.45. The van der Waals surface area contributed by atoms with Gasteiger partial charge < -0.3 is 23.7 Å². The highest BCUT2D eigenvalue weighted by Crippen LogP contribution is 2.34. The van der Waals surface area contributed by atoms with E-state index in [1.165, 1.54) is 0 Å². The summed E-state index contributed by atoms with van der Waals surface area (Å²) in [5.74, 6) is 0.648. The summed E-state index contributed by atoms with van der Waals surface area (Å²) >= 11 is 0. The van der Waals surface area contributed by atoms with Crippen molar-refractivity contribution in [3.63, 3.8) is 0 Å². The van der Waals surface area contributed by atoms with Crippen molar-refractivity contribution in [2.24, 2.45) is 0 Å². The van der Waals surface area contributed by atoms with Crippen LogP contribution >= 0.6 is 0 Å². The highest BCUT2D eigenvalue weighted by atomic mass is 16.6. The summed E-state index contributed by atoms with van der Waals surface area (Å²) in [6.07, 6.45) is 3.53. The third kappa shape index (κ3) is 8.99. The Labute approximate surface area is 271 Å². The van der Waals surface area contributed by atoms with Gasteiger partial charge in [0.15, 0.2) is 6.10 Å². The highest BCUT2D eigenvalue weighted by Gasteiger charge is 2.46. The van der Waals surface area contributed by atoms with Crippen LogP contribution in [0.1, 0.15) is 27.8 Å². The zero-order valence-corrected chi connectivity index (χ0v) is 25.8. The Balaban J connectivity index is 1.34. The lowest BCUT2D eigenvalue weighted by Crippen LogP contribution is -2.56. The molecule has 0 aliphatic carbocycles. The van der Waals surface area contributed by atoms with E-state index in [9.17, 15) is 0 Å². The zero-order valence-electron chi connectivity index (χ0n) is 25.8. The fraction of sp³-hybridized carbons (Fsp3) is 0.225. The third-order valence-electron chi connectivity index (χ3n) is 7.79. The smallest absolute Gasteiger partial charge is 0.150 e. The lowest BCUT2D eigenvalue weighted by Gasteiger charge is -2.43. The Hall–Kier alpha value is -4.59. The van der Waals surface area contributed by atoms with Crippen molar-refractivity contribution in [1.29, 1.82) is 0 Å². The van der Waals surface area contributed by atoms with Crippen molar-refractivity contribution in [1.82, 2.24) is 4.98 Å². The summed E-state index contributed by atoms with van der Waals surface area (Å²) < 4.78 is 33.3. The lowest BCUT2D eigenvalue weighted by molar-refractivity contribution is -0.222. The number of pyridine rings is 1. The summed E-state index contributed by atoms with van der Waals surface area (Å²) in [5.41, 5.74) is 5.17.